The lowest BCUT2D eigenvalue weighted by molar-refractivity contribution is -0.137. The number of hydrogen-bond acceptors (Lipinski definition) is 2. The van der Waals surface area contributed by atoms with Gasteiger partial charge in [0.1, 0.15) is 0 Å². The van der Waals surface area contributed by atoms with E-state index in [9.17, 15) is 18.0 Å². The Morgan fingerprint density at radius 3 is 2.73 bits per heavy atom. The van der Waals surface area contributed by atoms with Crippen LogP contribution in [-0.2, 0) is 6.18 Å². The maximum Gasteiger partial charge on any atom is 0.417 e. The van der Waals surface area contributed by atoms with Crippen LogP contribution in [0.1, 0.15) is 5.56 Å². The Hall–Kier alpha value is -1.85. The van der Waals surface area contributed by atoms with Crippen LogP contribution in [0.4, 0.5) is 13.2 Å². The second-order valence-corrected chi connectivity index (χ2v) is 2.96. The van der Waals surface area contributed by atoms with Crippen LogP contribution in [0.25, 0.3) is 10.9 Å². The van der Waals surface area contributed by atoms with Crippen molar-refractivity contribution in [3.05, 3.63) is 40.4 Å². The number of H-pyrrole nitrogens is 1. The fourth-order valence-electron chi connectivity index (χ4n) is 1.22. The Labute approximate surface area is 81.6 Å². The number of aromatic amines is 1. The molecule has 0 aromatic carbocycles. The first-order valence-electron chi connectivity index (χ1n) is 4.03. The van der Waals surface area contributed by atoms with E-state index >= 15 is 0 Å². The van der Waals surface area contributed by atoms with E-state index in [-0.39, 0.29) is 10.9 Å². The molecule has 0 fully saturated rings. The number of hydrogen-bond donors (Lipinski definition) is 1. The molecule has 0 aliphatic heterocycles. The molecule has 0 atom stereocenters. The monoisotopic (exact) mass is 214 g/mol. The summed E-state index contributed by atoms with van der Waals surface area (Å²) in [5.41, 5.74) is -1.26. The van der Waals surface area contributed by atoms with Crippen LogP contribution in [0.2, 0.25) is 0 Å². The van der Waals surface area contributed by atoms with E-state index in [0.29, 0.717) is 6.20 Å². The van der Waals surface area contributed by atoms with Gasteiger partial charge in [-0.05, 0) is 12.1 Å². The highest BCUT2D eigenvalue weighted by molar-refractivity contribution is 5.77. The van der Waals surface area contributed by atoms with E-state index in [2.05, 4.69) is 9.97 Å². The molecule has 0 aliphatic carbocycles. The quantitative estimate of drug-likeness (QED) is 0.728. The van der Waals surface area contributed by atoms with Gasteiger partial charge in [-0.15, -0.1) is 0 Å². The lowest BCUT2D eigenvalue weighted by Crippen LogP contribution is -2.10. The van der Waals surface area contributed by atoms with Gasteiger partial charge in [-0.25, -0.2) is 0 Å². The molecule has 78 valence electrons. The van der Waals surface area contributed by atoms with Crippen LogP contribution in [-0.4, -0.2) is 9.97 Å². The molecule has 0 amide bonds. The first-order chi connectivity index (χ1) is 6.98. The fraction of sp³-hybridized carbons (Fsp3) is 0.111. The topological polar surface area (TPSA) is 45.8 Å². The van der Waals surface area contributed by atoms with Gasteiger partial charge in [0.15, 0.2) is 0 Å². The van der Waals surface area contributed by atoms with Crippen LogP contribution in [0.15, 0.2) is 29.3 Å². The number of nitrogens with zero attached hydrogens (tertiary/aromatic N) is 1. The molecule has 3 nitrogen and oxygen atoms in total. The molecular formula is C9H5F3N2O. The predicted molar refractivity (Wildman–Crippen MR) is 47.4 cm³/mol. The summed E-state index contributed by atoms with van der Waals surface area (Å²) in [6, 6.07) is 2.23. The van der Waals surface area contributed by atoms with Crippen LogP contribution in [0.5, 0.6) is 0 Å². The molecule has 2 aromatic heterocycles. The number of fused-ring (bicyclic) bond motifs is 1. The molecule has 0 spiro atoms. The third-order valence-electron chi connectivity index (χ3n) is 1.95. The summed E-state index contributed by atoms with van der Waals surface area (Å²) in [5.74, 6) is 0. The van der Waals surface area contributed by atoms with Gasteiger partial charge < -0.3 is 4.98 Å². The first kappa shape index (κ1) is 9.70. The largest absolute Gasteiger partial charge is 0.417 e. The standard InChI is InChI=1S/C9H5F3N2O/c10-9(11,12)5-3-6-7(14-4-5)1-2-13-8(6)15/h1-4H,(H,13,15). The zero-order valence-corrected chi connectivity index (χ0v) is 7.30. The number of pyridine rings is 2. The Kier molecular flexibility index (Phi) is 1.99. The van der Waals surface area contributed by atoms with Crippen molar-refractivity contribution in [2.45, 2.75) is 6.18 Å². The van der Waals surface area contributed by atoms with E-state index in [1.165, 1.54) is 12.3 Å². The van der Waals surface area contributed by atoms with Crippen molar-refractivity contribution in [3.8, 4) is 0 Å². The van der Waals surface area contributed by atoms with Gasteiger partial charge in [-0.1, -0.05) is 0 Å². The van der Waals surface area contributed by atoms with Crippen molar-refractivity contribution in [2.24, 2.45) is 0 Å². The van der Waals surface area contributed by atoms with Crippen molar-refractivity contribution in [1.82, 2.24) is 9.97 Å². The fourth-order valence-corrected chi connectivity index (χ4v) is 1.22. The summed E-state index contributed by atoms with van der Waals surface area (Å²) in [4.78, 5) is 17.1. The van der Waals surface area contributed by atoms with E-state index < -0.39 is 17.3 Å². The zero-order chi connectivity index (χ0) is 11.1. The normalized spacial score (nSPS) is 11.9. The second-order valence-electron chi connectivity index (χ2n) is 2.96. The van der Waals surface area contributed by atoms with Crippen molar-refractivity contribution in [2.75, 3.05) is 0 Å². The van der Waals surface area contributed by atoms with Crippen LogP contribution in [0.3, 0.4) is 0 Å². The van der Waals surface area contributed by atoms with Gasteiger partial charge in [0.2, 0.25) is 0 Å². The maximum atomic E-state index is 12.3. The van der Waals surface area contributed by atoms with Gasteiger partial charge in [0, 0.05) is 12.4 Å². The predicted octanol–water partition coefficient (Wildman–Crippen LogP) is 1.94. The molecule has 2 aromatic rings. The molecule has 6 heteroatoms. The van der Waals surface area contributed by atoms with Crippen LogP contribution >= 0.6 is 0 Å². The summed E-state index contributed by atoms with van der Waals surface area (Å²) in [7, 11) is 0. The van der Waals surface area contributed by atoms with Gasteiger partial charge in [-0.3, -0.25) is 9.78 Å². The second kappa shape index (κ2) is 3.08. The molecular weight excluding hydrogens is 209 g/mol. The third kappa shape index (κ3) is 1.70. The molecule has 1 N–H and O–H groups in total. The molecule has 0 radical (unpaired) electrons. The minimum Gasteiger partial charge on any atom is -0.328 e. The minimum atomic E-state index is -4.48. The number of alkyl halides is 3. The van der Waals surface area contributed by atoms with E-state index in [1.807, 2.05) is 0 Å². The van der Waals surface area contributed by atoms with Crippen molar-refractivity contribution in [1.29, 1.82) is 0 Å². The van der Waals surface area contributed by atoms with E-state index in [0.717, 1.165) is 6.07 Å². The third-order valence-corrected chi connectivity index (χ3v) is 1.95. The van der Waals surface area contributed by atoms with E-state index in [4.69, 9.17) is 0 Å². The average Bonchev–Trinajstić information content (AvgIpc) is 2.16. The van der Waals surface area contributed by atoms with Gasteiger partial charge in [-0.2, -0.15) is 13.2 Å². The Morgan fingerprint density at radius 1 is 1.33 bits per heavy atom. The van der Waals surface area contributed by atoms with E-state index in [1.54, 1.807) is 0 Å². The molecule has 0 aliphatic rings. The zero-order valence-electron chi connectivity index (χ0n) is 7.30. The highest BCUT2D eigenvalue weighted by atomic mass is 19.4. The Balaban J connectivity index is 2.76. The molecule has 0 bridgehead atoms. The van der Waals surface area contributed by atoms with Gasteiger partial charge in [0.05, 0.1) is 16.5 Å². The highest BCUT2D eigenvalue weighted by Gasteiger charge is 2.31. The van der Waals surface area contributed by atoms with Crippen molar-refractivity contribution in [3.63, 3.8) is 0 Å². The Bertz CT molecular complexity index is 559. The summed E-state index contributed by atoms with van der Waals surface area (Å²) >= 11 is 0. The Morgan fingerprint density at radius 2 is 2.07 bits per heavy atom. The molecule has 0 unspecified atom stereocenters. The summed E-state index contributed by atoms with van der Waals surface area (Å²) in [6.45, 7) is 0. The van der Waals surface area contributed by atoms with Crippen LogP contribution in [0, 0.1) is 0 Å². The first-order valence-corrected chi connectivity index (χ1v) is 4.03. The van der Waals surface area contributed by atoms with Gasteiger partial charge >= 0.3 is 6.18 Å². The maximum absolute atomic E-state index is 12.3. The van der Waals surface area contributed by atoms with Crippen molar-refractivity contribution >= 4 is 10.9 Å². The average molecular weight is 214 g/mol. The molecule has 0 saturated carbocycles. The summed E-state index contributed by atoms with van der Waals surface area (Å²) in [5, 5.41) is -0.0627. The van der Waals surface area contributed by atoms with Gasteiger partial charge in [0.25, 0.3) is 5.56 Å². The van der Waals surface area contributed by atoms with Crippen molar-refractivity contribution < 1.29 is 13.2 Å². The summed E-state index contributed by atoms with van der Waals surface area (Å²) < 4.78 is 36.9. The number of nitrogens with one attached hydrogen (secondary N) is 1. The lowest BCUT2D eigenvalue weighted by atomic mass is 10.2. The minimum absolute atomic E-state index is 0.0627. The SMILES string of the molecule is O=c1[nH]ccc2ncc(C(F)(F)F)cc12. The number of halogens is 3. The molecule has 2 rings (SSSR count). The number of aromatic nitrogens is 2. The molecule has 15 heavy (non-hydrogen) atoms. The summed E-state index contributed by atoms with van der Waals surface area (Å²) in [6.07, 6.45) is -2.43. The molecule has 2 heterocycles. The number of rotatable bonds is 0. The molecule has 0 saturated heterocycles. The smallest absolute Gasteiger partial charge is 0.328 e. The highest BCUT2D eigenvalue weighted by Crippen LogP contribution is 2.29. The van der Waals surface area contributed by atoms with Crippen LogP contribution < -0.4 is 5.56 Å². The lowest BCUT2D eigenvalue weighted by Gasteiger charge is -2.05.